The number of ether oxygens (including phenoxy) is 1. The highest BCUT2D eigenvalue weighted by molar-refractivity contribution is 9.10. The van der Waals surface area contributed by atoms with Crippen LogP contribution in [0.3, 0.4) is 0 Å². The summed E-state index contributed by atoms with van der Waals surface area (Å²) in [6, 6.07) is 6.27. The van der Waals surface area contributed by atoms with E-state index < -0.39 is 0 Å². The monoisotopic (exact) mass is 298 g/mol. The highest BCUT2D eigenvalue weighted by Gasteiger charge is 2.18. The molecule has 3 nitrogen and oxygen atoms in total. The summed E-state index contributed by atoms with van der Waals surface area (Å²) >= 11 is 3.52. The van der Waals surface area contributed by atoms with Crippen molar-refractivity contribution < 1.29 is 4.74 Å². The van der Waals surface area contributed by atoms with Crippen molar-refractivity contribution in [3.8, 4) is 5.75 Å². The number of hydrogen-bond acceptors (Lipinski definition) is 3. The molecule has 94 valence electrons. The summed E-state index contributed by atoms with van der Waals surface area (Å²) in [6.45, 7) is 4.48. The lowest BCUT2D eigenvalue weighted by atomic mass is 10.0. The molecule has 0 amide bonds. The quantitative estimate of drug-likeness (QED) is 0.901. The Hall–Kier alpha value is -0.580. The second-order valence-electron chi connectivity index (χ2n) is 4.69. The van der Waals surface area contributed by atoms with Crippen LogP contribution in [0.4, 0.5) is 0 Å². The third-order valence-corrected chi connectivity index (χ3v) is 3.72. The van der Waals surface area contributed by atoms with Gasteiger partial charge in [0.2, 0.25) is 0 Å². The molecule has 1 fully saturated rings. The Morgan fingerprint density at radius 3 is 2.76 bits per heavy atom. The zero-order valence-corrected chi connectivity index (χ0v) is 12.0. The Labute approximate surface area is 111 Å². The van der Waals surface area contributed by atoms with Gasteiger partial charge < -0.3 is 15.0 Å². The normalized spacial score (nSPS) is 16.0. The molecule has 0 aromatic heterocycles. The fraction of sp³-hybridized carbons (Fsp3) is 0.538. The topological polar surface area (TPSA) is 24.5 Å². The van der Waals surface area contributed by atoms with Crippen molar-refractivity contribution in [2.75, 3.05) is 33.8 Å². The second-order valence-corrected chi connectivity index (χ2v) is 5.54. The Morgan fingerprint density at radius 2 is 2.24 bits per heavy atom. The third-order valence-electron chi connectivity index (χ3n) is 3.10. The van der Waals surface area contributed by atoms with Gasteiger partial charge in [0, 0.05) is 26.2 Å². The molecule has 0 aliphatic carbocycles. The van der Waals surface area contributed by atoms with Gasteiger partial charge in [-0.15, -0.1) is 0 Å². The fourth-order valence-electron chi connectivity index (χ4n) is 2.10. The van der Waals surface area contributed by atoms with Crippen molar-refractivity contribution in [1.29, 1.82) is 0 Å². The number of methoxy groups -OCH3 is 1. The van der Waals surface area contributed by atoms with Gasteiger partial charge in [-0.05, 0) is 46.6 Å². The molecular formula is C13H19BrN2O. The van der Waals surface area contributed by atoms with Gasteiger partial charge in [-0.1, -0.05) is 6.07 Å². The molecule has 1 N–H and O–H groups in total. The molecule has 1 heterocycles. The predicted octanol–water partition coefficient (Wildman–Crippen LogP) is 2.11. The molecule has 1 aromatic rings. The molecule has 0 atom stereocenters. The molecule has 1 aliphatic heterocycles. The number of hydrogen-bond donors (Lipinski definition) is 1. The standard InChI is InChI=1S/C13H19BrN2O/c1-16(9-11-6-15-7-11)8-10-3-4-13(17-2)12(14)5-10/h3-5,11,15H,6-9H2,1-2H3. The number of nitrogens with zero attached hydrogens (tertiary/aromatic N) is 1. The van der Waals surface area contributed by atoms with Gasteiger partial charge in [0.15, 0.2) is 0 Å². The zero-order chi connectivity index (χ0) is 12.3. The molecule has 0 unspecified atom stereocenters. The lowest BCUT2D eigenvalue weighted by Gasteiger charge is -2.31. The first kappa shape index (κ1) is 12.9. The predicted molar refractivity (Wildman–Crippen MR) is 73.4 cm³/mol. The van der Waals surface area contributed by atoms with E-state index in [9.17, 15) is 0 Å². The maximum absolute atomic E-state index is 5.23. The Kier molecular flexibility index (Phi) is 4.42. The van der Waals surface area contributed by atoms with E-state index in [1.807, 2.05) is 6.07 Å². The minimum absolute atomic E-state index is 0.821. The molecule has 2 rings (SSSR count). The van der Waals surface area contributed by atoms with Crippen LogP contribution in [-0.2, 0) is 6.54 Å². The summed E-state index contributed by atoms with van der Waals surface area (Å²) in [5.41, 5.74) is 1.31. The maximum Gasteiger partial charge on any atom is 0.133 e. The van der Waals surface area contributed by atoms with Crippen molar-refractivity contribution in [2.24, 2.45) is 5.92 Å². The number of halogens is 1. The largest absolute Gasteiger partial charge is 0.496 e. The number of benzene rings is 1. The molecule has 0 saturated carbocycles. The Balaban J connectivity index is 1.90. The average molecular weight is 299 g/mol. The van der Waals surface area contributed by atoms with E-state index in [2.05, 4.69) is 45.3 Å². The van der Waals surface area contributed by atoms with Crippen molar-refractivity contribution in [3.63, 3.8) is 0 Å². The van der Waals surface area contributed by atoms with Crippen molar-refractivity contribution in [3.05, 3.63) is 28.2 Å². The molecule has 1 aromatic carbocycles. The molecule has 17 heavy (non-hydrogen) atoms. The molecule has 1 aliphatic rings. The highest BCUT2D eigenvalue weighted by Crippen LogP contribution is 2.26. The number of rotatable bonds is 5. The summed E-state index contributed by atoms with van der Waals surface area (Å²) < 4.78 is 6.25. The van der Waals surface area contributed by atoms with Gasteiger partial charge in [0.25, 0.3) is 0 Å². The second kappa shape index (κ2) is 5.85. The van der Waals surface area contributed by atoms with E-state index in [1.54, 1.807) is 7.11 Å². The van der Waals surface area contributed by atoms with Gasteiger partial charge in [0.05, 0.1) is 11.6 Å². The summed E-state index contributed by atoms with van der Waals surface area (Å²) in [7, 11) is 3.87. The Bertz CT molecular complexity index is 380. The van der Waals surface area contributed by atoms with Gasteiger partial charge in [-0.2, -0.15) is 0 Å². The van der Waals surface area contributed by atoms with Gasteiger partial charge in [0.1, 0.15) is 5.75 Å². The van der Waals surface area contributed by atoms with Crippen molar-refractivity contribution >= 4 is 15.9 Å². The van der Waals surface area contributed by atoms with Crippen LogP contribution in [0.1, 0.15) is 5.56 Å². The van der Waals surface area contributed by atoms with Crippen LogP contribution in [0.5, 0.6) is 5.75 Å². The lowest BCUT2D eigenvalue weighted by molar-refractivity contribution is 0.218. The maximum atomic E-state index is 5.23. The van der Waals surface area contributed by atoms with Crippen LogP contribution in [-0.4, -0.2) is 38.7 Å². The summed E-state index contributed by atoms with van der Waals surface area (Å²) in [5, 5.41) is 3.30. The summed E-state index contributed by atoms with van der Waals surface area (Å²) in [5.74, 6) is 1.71. The smallest absolute Gasteiger partial charge is 0.133 e. The first-order valence-corrected chi connectivity index (χ1v) is 6.70. The van der Waals surface area contributed by atoms with Crippen molar-refractivity contribution in [2.45, 2.75) is 6.54 Å². The van der Waals surface area contributed by atoms with E-state index in [4.69, 9.17) is 4.74 Å². The van der Waals surface area contributed by atoms with Gasteiger partial charge in [-0.25, -0.2) is 0 Å². The highest BCUT2D eigenvalue weighted by atomic mass is 79.9. The summed E-state index contributed by atoms with van der Waals surface area (Å²) in [4.78, 5) is 2.37. The molecule has 0 bridgehead atoms. The van der Waals surface area contributed by atoms with E-state index in [0.717, 1.165) is 42.3 Å². The van der Waals surface area contributed by atoms with Crippen LogP contribution in [0.2, 0.25) is 0 Å². The van der Waals surface area contributed by atoms with Gasteiger partial charge in [-0.3, -0.25) is 0 Å². The molecule has 0 radical (unpaired) electrons. The van der Waals surface area contributed by atoms with E-state index in [1.165, 1.54) is 5.56 Å². The van der Waals surface area contributed by atoms with Crippen LogP contribution in [0.25, 0.3) is 0 Å². The van der Waals surface area contributed by atoms with Crippen LogP contribution < -0.4 is 10.1 Å². The third kappa shape index (κ3) is 3.44. The molecule has 1 saturated heterocycles. The first-order valence-electron chi connectivity index (χ1n) is 5.90. The molecule has 4 heteroatoms. The van der Waals surface area contributed by atoms with Crippen LogP contribution in [0, 0.1) is 5.92 Å². The molecule has 0 spiro atoms. The van der Waals surface area contributed by atoms with E-state index in [-0.39, 0.29) is 0 Å². The number of nitrogens with one attached hydrogen (secondary N) is 1. The summed E-state index contributed by atoms with van der Waals surface area (Å²) in [6.07, 6.45) is 0. The SMILES string of the molecule is COc1ccc(CN(C)CC2CNC2)cc1Br. The van der Waals surface area contributed by atoms with Gasteiger partial charge >= 0.3 is 0 Å². The minimum atomic E-state index is 0.821. The Morgan fingerprint density at radius 1 is 1.47 bits per heavy atom. The fourth-order valence-corrected chi connectivity index (χ4v) is 2.69. The molecular weight excluding hydrogens is 280 g/mol. The van der Waals surface area contributed by atoms with E-state index in [0.29, 0.717) is 0 Å². The van der Waals surface area contributed by atoms with E-state index >= 15 is 0 Å². The van der Waals surface area contributed by atoms with Crippen LogP contribution >= 0.6 is 15.9 Å². The average Bonchev–Trinajstić information content (AvgIpc) is 2.24. The van der Waals surface area contributed by atoms with Crippen molar-refractivity contribution in [1.82, 2.24) is 10.2 Å². The van der Waals surface area contributed by atoms with Crippen LogP contribution in [0.15, 0.2) is 22.7 Å². The minimum Gasteiger partial charge on any atom is -0.496 e. The zero-order valence-electron chi connectivity index (χ0n) is 10.4. The lowest BCUT2D eigenvalue weighted by Crippen LogP contribution is -2.47. The first-order chi connectivity index (χ1) is 8.19.